The van der Waals surface area contributed by atoms with E-state index < -0.39 is 0 Å². The molecule has 0 saturated carbocycles. The van der Waals surface area contributed by atoms with E-state index in [0.717, 1.165) is 51.7 Å². The second-order valence-corrected chi connectivity index (χ2v) is 13.8. The Kier molecular flexibility index (Phi) is 6.61. The summed E-state index contributed by atoms with van der Waals surface area (Å²) in [6.45, 7) is 0. The first-order chi connectivity index (χ1) is 24.3. The molecule has 0 saturated heterocycles. The lowest BCUT2D eigenvalue weighted by atomic mass is 9.89. The summed E-state index contributed by atoms with van der Waals surface area (Å²) in [5.41, 5.74) is 18.6. The molecule has 1 unspecified atom stereocenters. The summed E-state index contributed by atoms with van der Waals surface area (Å²) in [4.78, 5) is 5.21. The van der Waals surface area contributed by atoms with E-state index in [0.29, 0.717) is 0 Å². The zero-order valence-corrected chi connectivity index (χ0v) is 27.4. The third kappa shape index (κ3) is 4.73. The van der Waals surface area contributed by atoms with Gasteiger partial charge in [0.2, 0.25) is 0 Å². The number of hydrogen-bond donors (Lipinski definition) is 2. The van der Waals surface area contributed by atoms with Gasteiger partial charge in [-0.1, -0.05) is 115 Å². The molecule has 0 radical (unpaired) electrons. The third-order valence-electron chi connectivity index (χ3n) is 9.85. The summed E-state index contributed by atoms with van der Waals surface area (Å²) < 4.78 is 8.67. The topological polar surface area (TPSA) is 49.6 Å². The van der Waals surface area contributed by atoms with Gasteiger partial charge in [-0.2, -0.15) is 0 Å². The molecular weight excluding hydrogens is 619 g/mol. The Labute approximate surface area is 287 Å². The van der Waals surface area contributed by atoms with Crippen molar-refractivity contribution in [1.82, 2.24) is 10.9 Å². The molecule has 3 heterocycles. The molecule has 49 heavy (non-hydrogen) atoms. The number of furan rings is 1. The smallest absolute Gasteiger partial charge is 0.146 e. The molecule has 2 aromatic heterocycles. The molecule has 2 aliphatic rings. The number of aliphatic imine (C=N–C) groups is 1. The van der Waals surface area contributed by atoms with Crippen LogP contribution in [0.2, 0.25) is 0 Å². The minimum atomic E-state index is -0.242. The van der Waals surface area contributed by atoms with Crippen LogP contribution in [-0.4, -0.2) is 5.84 Å². The van der Waals surface area contributed by atoms with Crippen LogP contribution in [0.25, 0.3) is 64.4 Å². The maximum absolute atomic E-state index is 6.17. The van der Waals surface area contributed by atoms with Gasteiger partial charge in [0.25, 0.3) is 0 Å². The molecule has 0 fully saturated rings. The summed E-state index contributed by atoms with van der Waals surface area (Å²) >= 11 is 1.83. The van der Waals surface area contributed by atoms with Gasteiger partial charge in [-0.05, 0) is 76.6 Å². The molecule has 1 atom stereocenters. The number of thiophene rings is 1. The highest BCUT2D eigenvalue weighted by Crippen LogP contribution is 2.43. The number of benzene rings is 6. The highest BCUT2D eigenvalue weighted by atomic mass is 32.1. The number of allylic oxidation sites excluding steroid dienone is 4. The Bertz CT molecular complexity index is 2680. The van der Waals surface area contributed by atoms with Crippen LogP contribution in [0.1, 0.15) is 41.3 Å². The number of fused-ring (bicyclic) bond motifs is 6. The van der Waals surface area contributed by atoms with E-state index in [4.69, 9.17) is 9.41 Å². The largest absolute Gasteiger partial charge is 0.456 e. The fourth-order valence-corrected chi connectivity index (χ4v) is 8.81. The monoisotopic (exact) mass is 649 g/mol. The average molecular weight is 650 g/mol. The Balaban J connectivity index is 1.04. The number of hydrazine groups is 1. The second-order valence-electron chi connectivity index (χ2n) is 12.7. The molecule has 6 aromatic carbocycles. The molecule has 0 bridgehead atoms. The summed E-state index contributed by atoms with van der Waals surface area (Å²) in [5.74, 6) is 0.849. The van der Waals surface area contributed by atoms with Gasteiger partial charge in [-0.15, -0.1) is 11.3 Å². The van der Waals surface area contributed by atoms with Crippen LogP contribution >= 0.6 is 11.3 Å². The van der Waals surface area contributed by atoms with Crippen LogP contribution < -0.4 is 10.9 Å². The first kappa shape index (κ1) is 28.3. The number of amidine groups is 1. The highest BCUT2D eigenvalue weighted by molar-refractivity contribution is 7.26. The van der Waals surface area contributed by atoms with Gasteiger partial charge in [-0.3, -0.25) is 0 Å². The molecule has 234 valence electrons. The van der Waals surface area contributed by atoms with E-state index in [2.05, 4.69) is 132 Å². The number of para-hydroxylation sites is 1. The Morgan fingerprint density at radius 3 is 2.37 bits per heavy atom. The van der Waals surface area contributed by atoms with E-state index in [1.807, 2.05) is 35.6 Å². The maximum atomic E-state index is 6.17. The number of hydrogen-bond acceptors (Lipinski definition) is 5. The number of nitrogens with one attached hydrogen (secondary N) is 2. The predicted molar refractivity (Wildman–Crippen MR) is 206 cm³/mol. The van der Waals surface area contributed by atoms with E-state index in [1.165, 1.54) is 53.6 Å². The molecule has 4 nitrogen and oxygen atoms in total. The van der Waals surface area contributed by atoms with Gasteiger partial charge >= 0.3 is 0 Å². The SMILES string of the molecule is C1=C(c2ccccc2)C=C(c2cccc(-c3cccc4sc5c(C6=NC(c7cccc8oc9ccccc9c78)NN6)cccc5c34)c2)CC1. The van der Waals surface area contributed by atoms with Gasteiger partial charge in [0.15, 0.2) is 0 Å². The fourth-order valence-electron chi connectivity index (χ4n) is 7.57. The minimum Gasteiger partial charge on any atom is -0.456 e. The Hall–Kier alpha value is -5.75. The van der Waals surface area contributed by atoms with Gasteiger partial charge in [0, 0.05) is 42.1 Å². The van der Waals surface area contributed by atoms with E-state index in [9.17, 15) is 0 Å². The molecule has 1 aliphatic heterocycles. The molecule has 2 N–H and O–H groups in total. The Morgan fingerprint density at radius 2 is 1.41 bits per heavy atom. The van der Waals surface area contributed by atoms with Crippen molar-refractivity contribution in [3.05, 3.63) is 168 Å². The number of nitrogens with zero attached hydrogens (tertiary/aromatic N) is 1. The van der Waals surface area contributed by atoms with Crippen LogP contribution in [0.5, 0.6) is 0 Å². The van der Waals surface area contributed by atoms with E-state index in [-0.39, 0.29) is 6.17 Å². The molecule has 5 heteroatoms. The van der Waals surface area contributed by atoms with Crippen molar-refractivity contribution >= 4 is 70.4 Å². The van der Waals surface area contributed by atoms with Crippen molar-refractivity contribution in [3.63, 3.8) is 0 Å². The average Bonchev–Trinajstić information content (AvgIpc) is 3.91. The van der Waals surface area contributed by atoms with Crippen molar-refractivity contribution in [3.8, 4) is 11.1 Å². The van der Waals surface area contributed by atoms with Crippen LogP contribution in [0.4, 0.5) is 0 Å². The van der Waals surface area contributed by atoms with Crippen LogP contribution in [-0.2, 0) is 0 Å². The first-order valence-corrected chi connectivity index (χ1v) is 17.6. The molecule has 0 spiro atoms. The third-order valence-corrected chi connectivity index (χ3v) is 11.1. The quantitative estimate of drug-likeness (QED) is 0.195. The first-order valence-electron chi connectivity index (χ1n) is 16.8. The summed E-state index contributed by atoms with van der Waals surface area (Å²) in [5, 5.41) is 4.75. The summed E-state index contributed by atoms with van der Waals surface area (Å²) in [6, 6.07) is 47.5. The summed E-state index contributed by atoms with van der Waals surface area (Å²) in [7, 11) is 0. The van der Waals surface area contributed by atoms with Gasteiger partial charge in [0.05, 0.1) is 0 Å². The lowest BCUT2D eigenvalue weighted by Crippen LogP contribution is -2.31. The van der Waals surface area contributed by atoms with E-state index in [1.54, 1.807) is 0 Å². The zero-order chi connectivity index (χ0) is 32.3. The molecule has 8 aromatic rings. The molecular formula is C44H31N3OS. The normalized spacial score (nSPS) is 16.2. The standard InChI is InChI=1S/C44H31N3OS/c1-2-11-27(12-3-1)28-13-6-14-29(25-28)30-15-7-16-31(26-30)32-18-10-24-39-41(32)34-19-8-21-36(42(34)49-39)44-45-43(46-47-44)35-20-9-23-38-40(35)33-17-4-5-22-37(33)48-38/h1-5,7-13,15-26,43,46H,6,14H2,(H,45,47). The van der Waals surface area contributed by atoms with Crippen molar-refractivity contribution < 1.29 is 4.42 Å². The van der Waals surface area contributed by atoms with Gasteiger partial charge in [0.1, 0.15) is 23.2 Å². The van der Waals surface area contributed by atoms with Gasteiger partial charge in [-0.25, -0.2) is 10.4 Å². The van der Waals surface area contributed by atoms with Crippen molar-refractivity contribution in [2.75, 3.05) is 0 Å². The van der Waals surface area contributed by atoms with Crippen molar-refractivity contribution in [2.24, 2.45) is 4.99 Å². The van der Waals surface area contributed by atoms with Crippen LogP contribution in [0.3, 0.4) is 0 Å². The van der Waals surface area contributed by atoms with Crippen molar-refractivity contribution in [2.45, 2.75) is 19.0 Å². The van der Waals surface area contributed by atoms with Crippen molar-refractivity contribution in [1.29, 1.82) is 0 Å². The van der Waals surface area contributed by atoms with Crippen LogP contribution in [0, 0.1) is 0 Å². The summed E-state index contributed by atoms with van der Waals surface area (Å²) in [6.07, 6.45) is 6.59. The maximum Gasteiger partial charge on any atom is 0.146 e. The zero-order valence-electron chi connectivity index (χ0n) is 26.6. The minimum absolute atomic E-state index is 0.242. The molecule has 1 aliphatic carbocycles. The predicted octanol–water partition coefficient (Wildman–Crippen LogP) is 11.4. The fraction of sp³-hybridized carbons (Fsp3) is 0.0682. The molecule has 10 rings (SSSR count). The highest BCUT2D eigenvalue weighted by Gasteiger charge is 2.25. The second kappa shape index (κ2) is 11.4. The number of rotatable bonds is 5. The van der Waals surface area contributed by atoms with Crippen LogP contribution in [0.15, 0.2) is 155 Å². The van der Waals surface area contributed by atoms with E-state index >= 15 is 0 Å². The lowest BCUT2D eigenvalue weighted by Gasteiger charge is -2.16. The lowest BCUT2D eigenvalue weighted by molar-refractivity contribution is 0.578. The van der Waals surface area contributed by atoms with Gasteiger partial charge < -0.3 is 9.84 Å². The molecule has 0 amide bonds. The Morgan fingerprint density at radius 1 is 0.653 bits per heavy atom.